The van der Waals surface area contributed by atoms with Gasteiger partial charge in [0.25, 0.3) is 11.8 Å². The lowest BCUT2D eigenvalue weighted by Gasteiger charge is -2.61. The molecule has 0 aromatic heterocycles. The maximum atomic E-state index is 12.1. The van der Waals surface area contributed by atoms with Gasteiger partial charge in [-0.05, 0) is 128 Å². The number of carbonyl (C=O) groups excluding carboxylic acids is 2. The number of hydrogen-bond donors (Lipinski definition) is 2. The van der Waals surface area contributed by atoms with Crippen LogP contribution in [0.4, 0.5) is 0 Å². The molecular weight excluding hydrogens is 514 g/mol. The summed E-state index contributed by atoms with van der Waals surface area (Å²) in [4.78, 5) is 24.1. The van der Waals surface area contributed by atoms with Crippen LogP contribution in [-0.4, -0.2) is 41.5 Å². The molecule has 0 radical (unpaired) electrons. The van der Waals surface area contributed by atoms with Crippen molar-refractivity contribution in [1.82, 2.24) is 5.32 Å². The van der Waals surface area contributed by atoms with Gasteiger partial charge in [-0.2, -0.15) is 0 Å². The van der Waals surface area contributed by atoms with Crippen molar-refractivity contribution in [2.75, 3.05) is 6.61 Å². The van der Waals surface area contributed by atoms with Crippen LogP contribution in [0.5, 0.6) is 0 Å². The van der Waals surface area contributed by atoms with E-state index in [0.29, 0.717) is 58.3 Å². The van der Waals surface area contributed by atoms with E-state index in [1.165, 1.54) is 38.5 Å². The summed E-state index contributed by atoms with van der Waals surface area (Å²) in [6.45, 7) is 8.29. The van der Waals surface area contributed by atoms with Crippen LogP contribution in [0.3, 0.4) is 0 Å². The predicted molar refractivity (Wildman–Crippen MR) is 154 cm³/mol. The number of rotatable bonds is 2. The standard InChI is InChI=1S/C35H47NO5/c1-19-30-29(17-28-25-7-5-22-16-23(37)9-11-33(22,2)27(25)10-12-34(28,30)3)41-35(19)13-8-21(18-40-35)14-20-4-6-24-26(15-20)32(39)36-31(24)38/h4,6,15,19,21-23,25,27-30,37H,5,7-14,16-18H2,1-3H3,(H,36,38,39)/t19-,21+,22+,23-,25+,27-,28-,29-,30-,33-,34-,35+/m0/s1. The van der Waals surface area contributed by atoms with E-state index in [-0.39, 0.29) is 17.9 Å². The number of amides is 2. The van der Waals surface area contributed by atoms with E-state index in [4.69, 9.17) is 9.47 Å². The van der Waals surface area contributed by atoms with E-state index in [1.807, 2.05) is 12.1 Å². The minimum absolute atomic E-state index is 0.0783. The van der Waals surface area contributed by atoms with Gasteiger partial charge in [0.1, 0.15) is 0 Å². The van der Waals surface area contributed by atoms with Crippen molar-refractivity contribution in [2.24, 2.45) is 52.3 Å². The highest BCUT2D eigenvalue weighted by Crippen LogP contribution is 2.71. The summed E-state index contributed by atoms with van der Waals surface area (Å²) in [6.07, 6.45) is 12.8. The Morgan fingerprint density at radius 1 is 0.927 bits per heavy atom. The van der Waals surface area contributed by atoms with Crippen LogP contribution in [0.15, 0.2) is 18.2 Å². The van der Waals surface area contributed by atoms with Crippen molar-refractivity contribution in [1.29, 1.82) is 0 Å². The molecule has 6 fully saturated rings. The molecule has 8 rings (SSSR count). The summed E-state index contributed by atoms with van der Waals surface area (Å²) in [7, 11) is 0. The zero-order valence-corrected chi connectivity index (χ0v) is 25.0. The van der Waals surface area contributed by atoms with Crippen molar-refractivity contribution in [3.8, 4) is 0 Å². The average molecular weight is 562 g/mol. The first-order chi connectivity index (χ1) is 19.6. The van der Waals surface area contributed by atoms with E-state index in [0.717, 1.165) is 55.4 Å². The SMILES string of the molecule is C[C@H]1[C@H]2[C@H](C[C@H]3[C@@H]4CC[C@@H]5C[C@@H](O)CC[C@]5(C)[C@H]4CC[C@]23C)O[C@]12CC[C@H](Cc1ccc3c(c1)C(=O)NC3=O)CO2. The molecule has 2 amide bonds. The number of imide groups is 1. The third kappa shape index (κ3) is 3.78. The fraction of sp³-hybridized carbons (Fsp3) is 0.771. The predicted octanol–water partition coefficient (Wildman–Crippen LogP) is 5.90. The molecule has 222 valence electrons. The molecule has 1 aromatic carbocycles. The molecule has 6 heteroatoms. The summed E-state index contributed by atoms with van der Waals surface area (Å²) in [5, 5.41) is 12.8. The Kier molecular flexibility index (Phi) is 5.97. The molecule has 4 saturated carbocycles. The number of nitrogens with one attached hydrogen (secondary N) is 1. The lowest BCUT2D eigenvalue weighted by Crippen LogP contribution is -2.55. The van der Waals surface area contributed by atoms with E-state index in [1.54, 1.807) is 6.07 Å². The Morgan fingerprint density at radius 2 is 1.73 bits per heavy atom. The molecular formula is C35H47NO5. The summed E-state index contributed by atoms with van der Waals surface area (Å²) in [5.41, 5.74) is 2.82. The Labute approximate surface area is 244 Å². The first-order valence-corrected chi connectivity index (χ1v) is 16.6. The minimum atomic E-state index is -0.454. The fourth-order valence-electron chi connectivity index (χ4n) is 12.0. The Hall–Kier alpha value is -1.76. The van der Waals surface area contributed by atoms with Gasteiger partial charge in [0.05, 0.1) is 29.9 Å². The molecule has 0 bridgehead atoms. The molecule has 1 aromatic rings. The molecule has 41 heavy (non-hydrogen) atoms. The lowest BCUT2D eigenvalue weighted by atomic mass is 9.44. The molecule has 12 atom stereocenters. The molecule has 1 spiro atoms. The Bertz CT molecular complexity index is 1270. The van der Waals surface area contributed by atoms with Crippen LogP contribution in [-0.2, 0) is 15.9 Å². The highest BCUT2D eigenvalue weighted by Gasteiger charge is 2.69. The topological polar surface area (TPSA) is 84.9 Å². The van der Waals surface area contributed by atoms with Gasteiger partial charge in [-0.1, -0.05) is 26.8 Å². The van der Waals surface area contributed by atoms with E-state index in [9.17, 15) is 14.7 Å². The first-order valence-electron chi connectivity index (χ1n) is 16.6. The summed E-state index contributed by atoms with van der Waals surface area (Å²) >= 11 is 0. The highest BCUT2D eigenvalue weighted by molar-refractivity contribution is 6.21. The quantitative estimate of drug-likeness (QED) is 0.439. The van der Waals surface area contributed by atoms with Crippen molar-refractivity contribution in [3.63, 3.8) is 0 Å². The van der Waals surface area contributed by atoms with E-state index in [2.05, 4.69) is 26.1 Å². The molecule has 2 N–H and O–H groups in total. The second kappa shape index (κ2) is 9.12. The van der Waals surface area contributed by atoms with Crippen LogP contribution in [0.25, 0.3) is 0 Å². The average Bonchev–Trinajstić information content (AvgIpc) is 3.51. The van der Waals surface area contributed by atoms with Crippen molar-refractivity contribution in [2.45, 2.75) is 109 Å². The van der Waals surface area contributed by atoms with Crippen LogP contribution in [0.1, 0.15) is 111 Å². The van der Waals surface area contributed by atoms with Gasteiger partial charge in [0, 0.05) is 12.3 Å². The van der Waals surface area contributed by atoms with Gasteiger partial charge in [0.2, 0.25) is 0 Å². The number of carbonyl (C=O) groups is 2. The maximum Gasteiger partial charge on any atom is 0.258 e. The van der Waals surface area contributed by atoms with Gasteiger partial charge < -0.3 is 14.6 Å². The van der Waals surface area contributed by atoms with Crippen molar-refractivity contribution >= 4 is 11.8 Å². The number of hydrogen-bond acceptors (Lipinski definition) is 5. The molecule has 0 unspecified atom stereocenters. The Balaban J connectivity index is 0.950. The zero-order chi connectivity index (χ0) is 28.3. The lowest BCUT2D eigenvalue weighted by molar-refractivity contribution is -0.274. The number of aliphatic hydroxyl groups is 1. The molecule has 3 aliphatic heterocycles. The van der Waals surface area contributed by atoms with Gasteiger partial charge in [0.15, 0.2) is 5.79 Å². The number of ether oxygens (including phenoxy) is 2. The van der Waals surface area contributed by atoms with E-state index >= 15 is 0 Å². The minimum Gasteiger partial charge on any atom is -0.393 e. The third-order valence-corrected chi connectivity index (χ3v) is 14.1. The van der Waals surface area contributed by atoms with Crippen LogP contribution >= 0.6 is 0 Å². The molecule has 6 nitrogen and oxygen atoms in total. The van der Waals surface area contributed by atoms with Crippen molar-refractivity contribution in [3.05, 3.63) is 34.9 Å². The fourth-order valence-corrected chi connectivity index (χ4v) is 12.0. The highest BCUT2D eigenvalue weighted by atomic mass is 16.7. The van der Waals surface area contributed by atoms with Crippen LogP contribution < -0.4 is 5.32 Å². The number of benzene rings is 1. The number of aliphatic hydroxyl groups excluding tert-OH is 1. The summed E-state index contributed by atoms with van der Waals surface area (Å²) < 4.78 is 13.8. The largest absolute Gasteiger partial charge is 0.393 e. The molecule has 3 heterocycles. The second-order valence-corrected chi connectivity index (χ2v) is 15.7. The Morgan fingerprint density at radius 3 is 2.54 bits per heavy atom. The van der Waals surface area contributed by atoms with Crippen LogP contribution in [0.2, 0.25) is 0 Å². The molecule has 7 aliphatic rings. The smallest absolute Gasteiger partial charge is 0.258 e. The van der Waals surface area contributed by atoms with E-state index < -0.39 is 5.79 Å². The van der Waals surface area contributed by atoms with Crippen molar-refractivity contribution < 1.29 is 24.2 Å². The molecule has 4 aliphatic carbocycles. The first kappa shape index (κ1) is 26.8. The monoisotopic (exact) mass is 561 g/mol. The summed E-state index contributed by atoms with van der Waals surface area (Å²) in [5.74, 6) is 3.39. The second-order valence-electron chi connectivity index (χ2n) is 15.7. The summed E-state index contributed by atoms with van der Waals surface area (Å²) in [6, 6.07) is 5.66. The zero-order valence-electron chi connectivity index (χ0n) is 25.0. The number of fused-ring (bicyclic) bond motifs is 8. The van der Waals surface area contributed by atoms with Gasteiger partial charge in [-0.25, -0.2) is 0 Å². The normalized spacial score (nSPS) is 50.1. The van der Waals surface area contributed by atoms with Gasteiger partial charge in [-0.3, -0.25) is 14.9 Å². The maximum absolute atomic E-state index is 12.1. The third-order valence-electron chi connectivity index (χ3n) is 14.1. The molecule has 2 saturated heterocycles. The van der Waals surface area contributed by atoms with Gasteiger partial charge >= 0.3 is 0 Å². The van der Waals surface area contributed by atoms with Gasteiger partial charge in [-0.15, -0.1) is 0 Å². The van der Waals surface area contributed by atoms with Crippen LogP contribution in [0, 0.1) is 52.3 Å².